The van der Waals surface area contributed by atoms with Crippen LogP contribution in [0.5, 0.6) is 0 Å². The van der Waals surface area contributed by atoms with Crippen LogP contribution in [0.1, 0.15) is 395 Å². The smallest absolute Gasteiger partial charge is 0.333 e. The molecule has 18 rings (SSSR count). The molecule has 18 nitrogen and oxygen atoms in total. The number of rotatable bonds is 24. The van der Waals surface area contributed by atoms with Gasteiger partial charge >= 0.3 is 53.7 Å². The molecule has 776 valence electrons. The first-order valence-corrected chi connectivity index (χ1v) is 52.8. The summed E-state index contributed by atoms with van der Waals surface area (Å²) < 4.78 is 50.1. The predicted molar refractivity (Wildman–Crippen MR) is 563 cm³/mol. The van der Waals surface area contributed by atoms with Crippen molar-refractivity contribution in [1.29, 1.82) is 0 Å². The Balaban J connectivity index is 0.000000215. The van der Waals surface area contributed by atoms with Gasteiger partial charge in [0.25, 0.3) is 0 Å². The van der Waals surface area contributed by atoms with Crippen LogP contribution in [0.2, 0.25) is 0 Å². The molecule has 0 heterocycles. The molecule has 0 unspecified atom stereocenters. The molecule has 12 bridgehead atoms. The van der Waals surface area contributed by atoms with Crippen molar-refractivity contribution in [1.82, 2.24) is 0 Å². The van der Waals surface area contributed by atoms with E-state index in [1.54, 1.807) is 62.3 Å². The highest BCUT2D eigenvalue weighted by Crippen LogP contribution is 2.66. The van der Waals surface area contributed by atoms with Crippen molar-refractivity contribution in [2.45, 2.75) is 434 Å². The third-order valence-corrected chi connectivity index (χ3v) is 32.4. The minimum absolute atomic E-state index is 0.163. The fraction of sp³-hybridized carbons (Fsp3) is 0.648. The number of esters is 9. The van der Waals surface area contributed by atoms with Gasteiger partial charge in [-0.15, -0.1) is 0 Å². The van der Waals surface area contributed by atoms with E-state index >= 15 is 0 Å². The van der Waals surface area contributed by atoms with E-state index in [4.69, 9.17) is 42.6 Å². The van der Waals surface area contributed by atoms with Crippen LogP contribution in [-0.2, 0) is 97.0 Å². The quantitative estimate of drug-likeness (QED) is 0.0351. The van der Waals surface area contributed by atoms with Crippen molar-refractivity contribution < 1.29 is 85.8 Å². The minimum Gasteiger partial charge on any atom is -0.457 e. The van der Waals surface area contributed by atoms with Crippen LogP contribution in [0, 0.1) is 70.5 Å². The number of ether oxygens (including phenoxy) is 9. The molecule has 0 atom stereocenters. The molecule has 15 aliphatic rings. The van der Waals surface area contributed by atoms with Crippen LogP contribution in [-0.4, -0.2) is 92.9 Å². The summed E-state index contributed by atoms with van der Waals surface area (Å²) in [7, 11) is 0. The molecule has 18 heteroatoms. The summed E-state index contributed by atoms with van der Waals surface area (Å²) in [6.07, 6.45) is 41.8. The Kier molecular flexibility index (Phi) is 42.8. The highest BCUT2D eigenvalue weighted by Gasteiger charge is 2.61. The van der Waals surface area contributed by atoms with Crippen molar-refractivity contribution in [2.75, 3.05) is 0 Å². The molecule has 0 spiro atoms. The normalized spacial score (nSPS) is 26.5. The van der Waals surface area contributed by atoms with Crippen molar-refractivity contribution in [3.63, 3.8) is 0 Å². The first kappa shape index (κ1) is 118. The average Bonchev–Trinajstić information content (AvgIpc) is 0.893. The zero-order valence-electron chi connectivity index (χ0n) is 90.7. The maximum absolute atomic E-state index is 12.0. The molecule has 15 saturated carbocycles. The van der Waals surface area contributed by atoms with Gasteiger partial charge in [-0.05, 0) is 430 Å². The van der Waals surface area contributed by atoms with E-state index in [9.17, 15) is 43.2 Å². The van der Waals surface area contributed by atoms with Gasteiger partial charge in [-0.25, -0.2) is 43.2 Å². The Hall–Kier alpha value is -9.19. The van der Waals surface area contributed by atoms with Crippen LogP contribution in [0.15, 0.2) is 182 Å². The zero-order valence-corrected chi connectivity index (χ0v) is 90.7. The third kappa shape index (κ3) is 32.7. The molecule has 0 radical (unpaired) electrons. The van der Waals surface area contributed by atoms with Gasteiger partial charge < -0.3 is 42.6 Å². The van der Waals surface area contributed by atoms with Crippen molar-refractivity contribution in [3.05, 3.63) is 193 Å². The fourth-order valence-electron chi connectivity index (χ4n) is 24.5. The summed E-state index contributed by atoms with van der Waals surface area (Å²) in [6, 6.07) is 23.9. The van der Waals surface area contributed by atoms with Crippen LogP contribution >= 0.6 is 0 Å². The highest BCUT2D eigenvalue weighted by atomic mass is 16.6. The molecule has 0 saturated heterocycles. The lowest BCUT2D eigenvalue weighted by molar-refractivity contribution is -0.207. The van der Waals surface area contributed by atoms with Gasteiger partial charge in [0.1, 0.15) is 50.4 Å². The van der Waals surface area contributed by atoms with Gasteiger partial charge in [-0.1, -0.05) is 173 Å². The van der Waals surface area contributed by atoms with Crippen LogP contribution < -0.4 is 0 Å². The number of fused-ring (bicyclic) bond motifs is 1. The Morgan fingerprint density at radius 2 is 0.571 bits per heavy atom. The molecule has 15 aliphatic carbocycles. The van der Waals surface area contributed by atoms with Crippen molar-refractivity contribution in [2.24, 2.45) is 70.5 Å². The molecular weight excluding hydrogens is 1750 g/mol. The van der Waals surface area contributed by atoms with E-state index in [1.807, 2.05) is 103 Å². The summed E-state index contributed by atoms with van der Waals surface area (Å²) in [4.78, 5) is 104. The van der Waals surface area contributed by atoms with Gasteiger partial charge in [0.15, 0.2) is 0 Å². The number of benzene rings is 3. The van der Waals surface area contributed by atoms with Gasteiger partial charge in [-0.3, -0.25) is 0 Å². The standard InChI is InChI=1S/C17H26O2.C17H18O2.C16H24O2.C15H22O2.C13H16O2.C13H22O2.C12H20O2.C11H18O2.C8H14O2/c1-11(2)15(18)19-16(3,4)17-8-12-5-13(9-17)7-14(6-12)10-17;1-12(2)16(18)19-17(3,4)15-10-9-13-7-5-6-8-14(13)11-15;1-4-16(18-15(17)10(2)3)13-6-11-5-12(8-13)9-14(16)7-11;1-9(2)14(16)17-15(3)12-5-10-4-11(7-12)8-13(15)6-10;1-10(2)12(14)15-13(3,4)11-8-6-5-7-9-11;1-4-13(15-12(14)11(2)3)9-7-5-6-8-10-13;1-4-12(8-6-5-7-9-12)14-11(13)10(2)3;1-4-11(7-5-6-8-11)13-10(12)9(2)3;1-6(2)7(9)10-8(3,4)5/h12-14H,1,5-10H2,2-4H3;5-11H,1H2,2-4H3;11-14H,2,4-9H2,1,3H3;10-13H,1,4-8H2,2-3H3;5-9H,1H2,2-4H3;2,4-10H2,1,3H3;2,4-9H2,1,3H3;2,4-8H2,1,3H3;1H2,2-5H3. The number of hydrogen-bond donors (Lipinski definition) is 0. The van der Waals surface area contributed by atoms with E-state index < -0.39 is 16.8 Å². The maximum atomic E-state index is 12.0. The molecule has 140 heavy (non-hydrogen) atoms. The Morgan fingerprint density at radius 1 is 0.293 bits per heavy atom. The van der Waals surface area contributed by atoms with E-state index in [-0.39, 0.29) is 92.7 Å². The molecule has 0 aliphatic heterocycles. The highest BCUT2D eigenvalue weighted by molar-refractivity contribution is 5.91. The molecule has 15 fully saturated rings. The van der Waals surface area contributed by atoms with E-state index in [0.29, 0.717) is 73.8 Å². The van der Waals surface area contributed by atoms with Crippen molar-refractivity contribution in [3.8, 4) is 0 Å². The van der Waals surface area contributed by atoms with Gasteiger partial charge in [0, 0.05) is 55.6 Å². The van der Waals surface area contributed by atoms with Gasteiger partial charge in [0.05, 0.1) is 0 Å². The first-order valence-electron chi connectivity index (χ1n) is 52.8. The number of carbonyl (C=O) groups is 9. The molecule has 0 N–H and O–H groups in total. The van der Waals surface area contributed by atoms with E-state index in [2.05, 4.69) is 126 Å². The Morgan fingerprint density at radius 3 is 0.893 bits per heavy atom. The molecule has 3 aromatic carbocycles. The summed E-state index contributed by atoms with van der Waals surface area (Å²) in [5.41, 5.74) is 3.57. The third-order valence-electron chi connectivity index (χ3n) is 32.4. The summed E-state index contributed by atoms with van der Waals surface area (Å²) in [6.45, 7) is 75.7. The zero-order chi connectivity index (χ0) is 105. The topological polar surface area (TPSA) is 237 Å². The van der Waals surface area contributed by atoms with Crippen LogP contribution in [0.25, 0.3) is 10.8 Å². The largest absolute Gasteiger partial charge is 0.457 e. The van der Waals surface area contributed by atoms with Crippen molar-refractivity contribution >= 4 is 64.5 Å². The number of hydrogen-bond acceptors (Lipinski definition) is 18. The lowest BCUT2D eigenvalue weighted by atomic mass is 9.46. The van der Waals surface area contributed by atoms with Gasteiger partial charge in [-0.2, -0.15) is 0 Å². The lowest BCUT2D eigenvalue weighted by Gasteiger charge is -2.61. The first-order chi connectivity index (χ1) is 65.3. The minimum atomic E-state index is -0.667. The van der Waals surface area contributed by atoms with E-state index in [1.165, 1.54) is 166 Å². The average molecular weight is 1930 g/mol. The second-order valence-electron chi connectivity index (χ2n) is 46.7. The maximum Gasteiger partial charge on any atom is 0.333 e. The van der Waals surface area contributed by atoms with Crippen LogP contribution in [0.4, 0.5) is 0 Å². The fourth-order valence-corrected chi connectivity index (χ4v) is 24.5. The monoisotopic (exact) mass is 1930 g/mol. The Bertz CT molecular complexity index is 4780. The molecular formula is C122H180O18. The second kappa shape index (κ2) is 50.8. The second-order valence-corrected chi connectivity index (χ2v) is 46.7. The summed E-state index contributed by atoms with van der Waals surface area (Å²) in [5, 5.41) is 2.31. The lowest BCUT2D eigenvalue weighted by Crippen LogP contribution is -2.59. The molecule has 0 amide bonds. The number of carbonyl (C=O) groups excluding carboxylic acids is 9. The Labute approximate surface area is 843 Å². The molecule has 3 aromatic rings. The SMILES string of the molecule is C=C(C)C(=O)OC(C)(C)C.C=C(C)C(=O)OC(C)(C)C12CC3CC(CC(C3)C1)C2.C=C(C)C(=O)OC(C)(C)c1ccc2ccccc2c1.C=C(C)C(=O)OC(C)(C)c1ccccc1.C=C(C)C(=O)OC1(C)C2CC3CC(C2)CC1C3.C=C(C)C(=O)OC1(CC)C2CC3CC(C2)CC1C3.C=C(C)C(=O)OC1(CC)CCCC1.C=C(C)C(=O)OC1(CC)CCCCC1.C=C(C)C(=O)OC1(CC)CCCCCC1. The predicted octanol–water partition coefficient (Wildman–Crippen LogP) is 29.9. The summed E-state index contributed by atoms with van der Waals surface area (Å²) >= 11 is 0. The molecule has 0 aromatic heterocycles. The summed E-state index contributed by atoms with van der Waals surface area (Å²) in [5.74, 6) is 6.40. The van der Waals surface area contributed by atoms with Crippen LogP contribution in [0.3, 0.4) is 0 Å². The van der Waals surface area contributed by atoms with Gasteiger partial charge in [0.2, 0.25) is 0 Å². The van der Waals surface area contributed by atoms with E-state index in [0.717, 1.165) is 122 Å².